The maximum atomic E-state index is 5.96. The van der Waals surface area contributed by atoms with E-state index in [1.165, 1.54) is 0 Å². The molecule has 1 saturated heterocycles. The number of piperazine rings is 1. The van der Waals surface area contributed by atoms with E-state index >= 15 is 0 Å². The minimum atomic E-state index is 0.699. The Bertz CT molecular complexity index is 794. The second kappa shape index (κ2) is 7.49. The maximum Gasteiger partial charge on any atom is 0.199 e. The largest absolute Gasteiger partial charge is 0.303 e. The summed E-state index contributed by atoms with van der Waals surface area (Å²) in [6.07, 6.45) is 5.38. The first-order chi connectivity index (χ1) is 11.6. The molecule has 0 bridgehead atoms. The number of halogens is 1. The van der Waals surface area contributed by atoms with E-state index in [1.807, 2.05) is 40.6 Å². The predicted octanol–water partition coefficient (Wildman–Crippen LogP) is 2.48. The molecule has 0 N–H and O–H groups in total. The molecule has 0 atom stereocenters. The quantitative estimate of drug-likeness (QED) is 0.618. The first-order valence-electron chi connectivity index (χ1n) is 7.86. The van der Waals surface area contributed by atoms with E-state index < -0.39 is 0 Å². The van der Waals surface area contributed by atoms with Gasteiger partial charge in [0.25, 0.3) is 0 Å². The van der Waals surface area contributed by atoms with Crippen LogP contribution in [-0.4, -0.2) is 56.9 Å². The van der Waals surface area contributed by atoms with E-state index in [1.54, 1.807) is 0 Å². The fraction of sp³-hybridized carbons (Fsp3) is 0.412. The SMILES string of the molecule is C#CCN1CCN(Cn2nc(-c3ccc(Cl)cc3)n(C)c2=S)CC1. The van der Waals surface area contributed by atoms with Crippen molar-refractivity contribution in [1.82, 2.24) is 24.1 Å². The van der Waals surface area contributed by atoms with Gasteiger partial charge in [0, 0.05) is 43.8 Å². The van der Waals surface area contributed by atoms with Crippen molar-refractivity contribution in [2.45, 2.75) is 6.67 Å². The predicted molar refractivity (Wildman–Crippen MR) is 99.3 cm³/mol. The third kappa shape index (κ3) is 3.70. The van der Waals surface area contributed by atoms with Gasteiger partial charge in [-0.3, -0.25) is 9.80 Å². The summed E-state index contributed by atoms with van der Waals surface area (Å²) in [6.45, 7) is 5.32. The van der Waals surface area contributed by atoms with Crippen LogP contribution in [0.5, 0.6) is 0 Å². The smallest absolute Gasteiger partial charge is 0.199 e. The third-order valence-corrected chi connectivity index (χ3v) is 4.99. The van der Waals surface area contributed by atoms with Gasteiger partial charge >= 0.3 is 0 Å². The molecule has 0 spiro atoms. The van der Waals surface area contributed by atoms with Gasteiger partial charge in [-0.15, -0.1) is 6.42 Å². The van der Waals surface area contributed by atoms with Gasteiger partial charge in [-0.2, -0.15) is 5.10 Å². The minimum absolute atomic E-state index is 0.699. The lowest BCUT2D eigenvalue weighted by molar-refractivity contribution is 0.111. The number of terminal acetylenes is 1. The van der Waals surface area contributed by atoms with Gasteiger partial charge in [0.05, 0.1) is 13.2 Å². The van der Waals surface area contributed by atoms with Crippen molar-refractivity contribution in [3.63, 3.8) is 0 Å². The van der Waals surface area contributed by atoms with Crippen molar-refractivity contribution in [1.29, 1.82) is 0 Å². The summed E-state index contributed by atoms with van der Waals surface area (Å²) in [6, 6.07) is 7.65. The Morgan fingerprint density at radius 2 is 1.79 bits per heavy atom. The van der Waals surface area contributed by atoms with Crippen LogP contribution in [0.15, 0.2) is 24.3 Å². The standard InChI is InChI=1S/C17H20ClN5S/c1-3-8-21-9-11-22(12-10-21)13-23-17(24)20(2)16(19-23)14-4-6-15(18)7-5-14/h1,4-7H,8-13H2,2H3. The highest BCUT2D eigenvalue weighted by Crippen LogP contribution is 2.20. The number of hydrogen-bond acceptors (Lipinski definition) is 4. The van der Waals surface area contributed by atoms with Crippen LogP contribution in [0, 0.1) is 17.1 Å². The van der Waals surface area contributed by atoms with E-state index in [0.29, 0.717) is 16.5 Å². The summed E-state index contributed by atoms with van der Waals surface area (Å²) in [5.74, 6) is 3.55. The Balaban J connectivity index is 1.74. The first kappa shape index (κ1) is 17.2. The van der Waals surface area contributed by atoms with Crippen LogP contribution in [0.4, 0.5) is 0 Å². The van der Waals surface area contributed by atoms with E-state index in [-0.39, 0.29) is 0 Å². The van der Waals surface area contributed by atoms with Gasteiger partial charge < -0.3 is 4.57 Å². The lowest BCUT2D eigenvalue weighted by Crippen LogP contribution is -2.46. The molecule has 126 valence electrons. The average molecular weight is 362 g/mol. The zero-order valence-corrected chi connectivity index (χ0v) is 15.2. The number of benzene rings is 1. The van der Waals surface area contributed by atoms with Gasteiger partial charge in [0.1, 0.15) is 0 Å². The monoisotopic (exact) mass is 361 g/mol. The summed E-state index contributed by atoms with van der Waals surface area (Å²) in [5.41, 5.74) is 1.01. The molecular weight excluding hydrogens is 342 g/mol. The highest BCUT2D eigenvalue weighted by atomic mass is 35.5. The van der Waals surface area contributed by atoms with Crippen molar-refractivity contribution in [3.05, 3.63) is 34.1 Å². The summed E-state index contributed by atoms with van der Waals surface area (Å²) in [7, 11) is 1.95. The zero-order valence-electron chi connectivity index (χ0n) is 13.7. The summed E-state index contributed by atoms with van der Waals surface area (Å²) in [4.78, 5) is 4.63. The molecule has 0 amide bonds. The molecule has 1 aliphatic heterocycles. The van der Waals surface area contributed by atoms with E-state index in [4.69, 9.17) is 35.3 Å². The Morgan fingerprint density at radius 3 is 2.42 bits per heavy atom. The molecule has 1 aromatic heterocycles. The van der Waals surface area contributed by atoms with E-state index in [0.717, 1.165) is 44.1 Å². The van der Waals surface area contributed by atoms with Crippen LogP contribution >= 0.6 is 23.8 Å². The fourth-order valence-electron chi connectivity index (χ4n) is 2.84. The molecule has 1 fully saturated rings. The molecule has 24 heavy (non-hydrogen) atoms. The molecule has 1 aliphatic rings. The van der Waals surface area contributed by atoms with Crippen LogP contribution in [0.25, 0.3) is 11.4 Å². The van der Waals surface area contributed by atoms with Gasteiger partial charge in [0.15, 0.2) is 10.6 Å². The third-order valence-electron chi connectivity index (χ3n) is 4.26. The second-order valence-electron chi connectivity index (χ2n) is 5.91. The minimum Gasteiger partial charge on any atom is -0.303 e. The number of nitrogens with zero attached hydrogens (tertiary/aromatic N) is 5. The number of hydrogen-bond donors (Lipinski definition) is 0. The van der Waals surface area contributed by atoms with E-state index in [9.17, 15) is 0 Å². The van der Waals surface area contributed by atoms with Crippen LogP contribution in [0.1, 0.15) is 0 Å². The van der Waals surface area contributed by atoms with Crippen LogP contribution in [-0.2, 0) is 13.7 Å². The maximum absolute atomic E-state index is 5.96. The Labute approximate surface area is 152 Å². The molecule has 0 radical (unpaired) electrons. The van der Waals surface area contributed by atoms with Crippen molar-refractivity contribution < 1.29 is 0 Å². The average Bonchev–Trinajstić information content (AvgIpc) is 2.86. The van der Waals surface area contributed by atoms with Crippen molar-refractivity contribution >= 4 is 23.8 Å². The molecule has 2 aromatic rings. The molecule has 7 heteroatoms. The molecule has 1 aromatic carbocycles. The highest BCUT2D eigenvalue weighted by molar-refractivity contribution is 7.71. The van der Waals surface area contributed by atoms with E-state index in [2.05, 4.69) is 15.7 Å². The lowest BCUT2D eigenvalue weighted by Gasteiger charge is -2.33. The molecule has 0 unspecified atom stereocenters. The molecule has 0 aliphatic carbocycles. The number of rotatable bonds is 4. The summed E-state index contributed by atoms with van der Waals surface area (Å²) < 4.78 is 4.54. The fourth-order valence-corrected chi connectivity index (χ4v) is 3.15. The molecule has 0 saturated carbocycles. The van der Waals surface area contributed by atoms with Crippen LogP contribution < -0.4 is 0 Å². The Kier molecular flexibility index (Phi) is 5.36. The van der Waals surface area contributed by atoms with Gasteiger partial charge in [-0.05, 0) is 36.5 Å². The van der Waals surface area contributed by atoms with Gasteiger partial charge in [-0.1, -0.05) is 17.5 Å². The first-order valence-corrected chi connectivity index (χ1v) is 8.65. The van der Waals surface area contributed by atoms with Crippen molar-refractivity contribution in [2.24, 2.45) is 7.05 Å². The Morgan fingerprint density at radius 1 is 1.17 bits per heavy atom. The normalized spacial score (nSPS) is 16.2. The zero-order chi connectivity index (χ0) is 17.1. The van der Waals surface area contributed by atoms with Gasteiger partial charge in [0.2, 0.25) is 0 Å². The van der Waals surface area contributed by atoms with Crippen LogP contribution in [0.3, 0.4) is 0 Å². The molecule has 5 nitrogen and oxygen atoms in total. The Hall–Kier alpha value is -1.65. The summed E-state index contributed by atoms with van der Waals surface area (Å²) in [5, 5.41) is 5.42. The lowest BCUT2D eigenvalue weighted by atomic mass is 10.2. The van der Waals surface area contributed by atoms with Crippen LogP contribution in [0.2, 0.25) is 5.02 Å². The summed E-state index contributed by atoms with van der Waals surface area (Å²) >= 11 is 11.5. The molecule has 3 rings (SSSR count). The van der Waals surface area contributed by atoms with Gasteiger partial charge in [-0.25, -0.2) is 4.68 Å². The number of aromatic nitrogens is 3. The molecular formula is C17H20ClN5S. The van der Waals surface area contributed by atoms with Crippen molar-refractivity contribution in [3.8, 4) is 23.7 Å². The van der Waals surface area contributed by atoms with Crippen molar-refractivity contribution in [2.75, 3.05) is 32.7 Å². The topological polar surface area (TPSA) is 29.2 Å². The highest BCUT2D eigenvalue weighted by Gasteiger charge is 2.18. The molecule has 2 heterocycles. The second-order valence-corrected chi connectivity index (χ2v) is 6.71.